The maximum absolute atomic E-state index is 5.24. The van der Waals surface area contributed by atoms with Gasteiger partial charge in [-0.2, -0.15) is 0 Å². The number of nitrogens with zero attached hydrogens (tertiary/aromatic N) is 1. The molecule has 0 amide bonds. The molecule has 0 radical (unpaired) electrons. The second-order valence-corrected chi connectivity index (χ2v) is 6.43. The molecule has 3 heteroatoms. The fourth-order valence-electron chi connectivity index (χ4n) is 2.99. The van der Waals surface area contributed by atoms with Gasteiger partial charge in [0.25, 0.3) is 0 Å². The van der Waals surface area contributed by atoms with Crippen LogP contribution in [0.1, 0.15) is 31.7 Å². The van der Waals surface area contributed by atoms with Crippen molar-refractivity contribution in [3.63, 3.8) is 0 Å². The van der Waals surface area contributed by atoms with E-state index in [4.69, 9.17) is 4.74 Å². The van der Waals surface area contributed by atoms with Crippen molar-refractivity contribution < 1.29 is 4.74 Å². The highest BCUT2D eigenvalue weighted by Crippen LogP contribution is 2.27. The minimum atomic E-state index is 0.600. The highest BCUT2D eigenvalue weighted by molar-refractivity contribution is 5.30. The molecule has 3 nitrogen and oxygen atoms in total. The predicted molar refractivity (Wildman–Crippen MR) is 84.5 cm³/mol. The third-order valence-electron chi connectivity index (χ3n) is 4.04. The van der Waals surface area contributed by atoms with Crippen molar-refractivity contribution in [2.24, 2.45) is 5.92 Å². The Balaban J connectivity index is 1.99. The molecule has 0 bridgehead atoms. The van der Waals surface area contributed by atoms with Crippen LogP contribution in [0.2, 0.25) is 0 Å². The van der Waals surface area contributed by atoms with Crippen molar-refractivity contribution in [2.45, 2.75) is 32.2 Å². The smallest absolute Gasteiger partial charge is 0.118 e. The molecule has 0 spiro atoms. The molecule has 112 valence electrons. The molecular formula is C17H28N2O. The lowest BCUT2D eigenvalue weighted by Crippen LogP contribution is -2.47. The van der Waals surface area contributed by atoms with E-state index in [1.165, 1.54) is 12.0 Å². The van der Waals surface area contributed by atoms with Crippen LogP contribution in [-0.4, -0.2) is 44.7 Å². The molecule has 20 heavy (non-hydrogen) atoms. The van der Waals surface area contributed by atoms with E-state index in [1.54, 1.807) is 7.11 Å². The molecule has 1 aliphatic heterocycles. The summed E-state index contributed by atoms with van der Waals surface area (Å²) in [6.07, 6.45) is 1.23. The van der Waals surface area contributed by atoms with Crippen molar-refractivity contribution in [1.82, 2.24) is 10.2 Å². The minimum Gasteiger partial charge on any atom is -0.497 e. The first-order valence-electron chi connectivity index (χ1n) is 7.64. The Bertz CT molecular complexity index is 402. The molecule has 0 aromatic heterocycles. The molecule has 1 aromatic carbocycles. The average molecular weight is 276 g/mol. The maximum Gasteiger partial charge on any atom is 0.118 e. The van der Waals surface area contributed by atoms with E-state index in [9.17, 15) is 0 Å². The predicted octanol–water partition coefficient (Wildman–Crippen LogP) is 2.73. The zero-order chi connectivity index (χ0) is 14.5. The fraction of sp³-hybridized carbons (Fsp3) is 0.647. The summed E-state index contributed by atoms with van der Waals surface area (Å²) in [5.41, 5.74) is 1.42. The Labute approximate surface area is 123 Å². The average Bonchev–Trinajstić information content (AvgIpc) is 2.44. The van der Waals surface area contributed by atoms with Gasteiger partial charge in [0.1, 0.15) is 5.75 Å². The molecule has 1 aromatic rings. The number of benzene rings is 1. The first-order chi connectivity index (χ1) is 9.58. The zero-order valence-electron chi connectivity index (χ0n) is 13.2. The van der Waals surface area contributed by atoms with Crippen LogP contribution in [0.4, 0.5) is 0 Å². The Morgan fingerprint density at radius 2 is 1.95 bits per heavy atom. The van der Waals surface area contributed by atoms with Gasteiger partial charge in [-0.3, -0.25) is 0 Å². The quantitative estimate of drug-likeness (QED) is 0.895. The first kappa shape index (κ1) is 15.3. The second kappa shape index (κ2) is 7.09. The summed E-state index contributed by atoms with van der Waals surface area (Å²) < 4.78 is 5.24. The van der Waals surface area contributed by atoms with Gasteiger partial charge in [-0.1, -0.05) is 26.0 Å². The number of likely N-dealkylation sites (tertiary alicyclic amines) is 1. The number of hydrogen-bond donors (Lipinski definition) is 1. The monoisotopic (exact) mass is 276 g/mol. The summed E-state index contributed by atoms with van der Waals surface area (Å²) in [6.45, 7) is 7.93. The van der Waals surface area contributed by atoms with E-state index in [1.807, 2.05) is 0 Å². The Kier molecular flexibility index (Phi) is 5.44. The number of hydrogen-bond acceptors (Lipinski definition) is 3. The first-order valence-corrected chi connectivity index (χ1v) is 7.64. The number of likely N-dealkylation sites (N-methyl/N-ethyl adjacent to an activating group) is 1. The molecule has 2 unspecified atom stereocenters. The lowest BCUT2D eigenvalue weighted by molar-refractivity contribution is 0.202. The van der Waals surface area contributed by atoms with Gasteiger partial charge in [-0.05, 0) is 49.5 Å². The fourth-order valence-corrected chi connectivity index (χ4v) is 2.99. The molecule has 1 N–H and O–H groups in total. The van der Waals surface area contributed by atoms with E-state index in [2.05, 4.69) is 55.4 Å². The van der Waals surface area contributed by atoms with Crippen LogP contribution >= 0.6 is 0 Å². The Hall–Kier alpha value is -1.06. The molecule has 1 fully saturated rings. The van der Waals surface area contributed by atoms with Gasteiger partial charge in [0.05, 0.1) is 7.11 Å². The van der Waals surface area contributed by atoms with Crippen LogP contribution in [0.25, 0.3) is 0 Å². The summed E-state index contributed by atoms with van der Waals surface area (Å²) in [7, 11) is 3.94. The van der Waals surface area contributed by atoms with E-state index in [0.29, 0.717) is 17.9 Å². The van der Waals surface area contributed by atoms with Gasteiger partial charge in [-0.15, -0.1) is 0 Å². The van der Waals surface area contributed by atoms with Crippen molar-refractivity contribution in [1.29, 1.82) is 0 Å². The van der Waals surface area contributed by atoms with Gasteiger partial charge >= 0.3 is 0 Å². The zero-order valence-corrected chi connectivity index (χ0v) is 13.2. The second-order valence-electron chi connectivity index (χ2n) is 6.43. The SMILES string of the molecule is COc1ccc(C2CC(NCC(C)C)CN(C)C2)cc1. The van der Waals surface area contributed by atoms with Crippen LogP contribution in [0.3, 0.4) is 0 Å². The highest BCUT2D eigenvalue weighted by atomic mass is 16.5. The third-order valence-corrected chi connectivity index (χ3v) is 4.04. The van der Waals surface area contributed by atoms with Crippen LogP contribution in [-0.2, 0) is 0 Å². The standard InChI is InChI=1S/C17H28N2O/c1-13(2)10-18-16-9-15(11-19(3)12-16)14-5-7-17(20-4)8-6-14/h5-8,13,15-16,18H,9-12H2,1-4H3. The number of ether oxygens (including phenoxy) is 1. The maximum atomic E-state index is 5.24. The normalized spacial score (nSPS) is 24.1. The van der Waals surface area contributed by atoms with Gasteiger partial charge < -0.3 is 15.0 Å². The summed E-state index contributed by atoms with van der Waals surface area (Å²) in [5.74, 6) is 2.26. The van der Waals surface area contributed by atoms with E-state index < -0.39 is 0 Å². The molecule has 0 aliphatic carbocycles. The van der Waals surface area contributed by atoms with Crippen molar-refractivity contribution in [2.75, 3.05) is 33.8 Å². The summed E-state index contributed by atoms with van der Waals surface area (Å²) >= 11 is 0. The molecule has 2 rings (SSSR count). The summed E-state index contributed by atoms with van der Waals surface area (Å²) in [4.78, 5) is 2.44. The largest absolute Gasteiger partial charge is 0.497 e. The molecule has 0 saturated carbocycles. The number of rotatable bonds is 5. The van der Waals surface area contributed by atoms with E-state index in [0.717, 1.165) is 25.4 Å². The van der Waals surface area contributed by atoms with Crippen LogP contribution in [0, 0.1) is 5.92 Å². The van der Waals surface area contributed by atoms with Gasteiger partial charge in [0.15, 0.2) is 0 Å². The van der Waals surface area contributed by atoms with Crippen molar-refractivity contribution in [3.8, 4) is 5.75 Å². The molecule has 1 aliphatic rings. The molecule has 1 heterocycles. The lowest BCUT2D eigenvalue weighted by atomic mass is 9.88. The van der Waals surface area contributed by atoms with Crippen LogP contribution in [0.5, 0.6) is 5.75 Å². The lowest BCUT2D eigenvalue weighted by Gasteiger charge is -2.36. The van der Waals surface area contributed by atoms with Crippen molar-refractivity contribution >= 4 is 0 Å². The highest BCUT2D eigenvalue weighted by Gasteiger charge is 2.26. The van der Waals surface area contributed by atoms with Crippen LogP contribution in [0.15, 0.2) is 24.3 Å². The summed E-state index contributed by atoms with van der Waals surface area (Å²) in [5, 5.41) is 3.71. The molecule has 2 atom stereocenters. The van der Waals surface area contributed by atoms with Gasteiger partial charge in [-0.25, -0.2) is 0 Å². The molecular weight excluding hydrogens is 248 g/mol. The summed E-state index contributed by atoms with van der Waals surface area (Å²) in [6, 6.07) is 9.16. The van der Waals surface area contributed by atoms with Gasteiger partial charge in [0, 0.05) is 19.1 Å². The molecule has 1 saturated heterocycles. The van der Waals surface area contributed by atoms with E-state index in [-0.39, 0.29) is 0 Å². The topological polar surface area (TPSA) is 24.5 Å². The number of methoxy groups -OCH3 is 1. The Morgan fingerprint density at radius 1 is 1.25 bits per heavy atom. The van der Waals surface area contributed by atoms with Gasteiger partial charge in [0.2, 0.25) is 0 Å². The Morgan fingerprint density at radius 3 is 2.55 bits per heavy atom. The van der Waals surface area contributed by atoms with Crippen LogP contribution < -0.4 is 10.1 Å². The number of piperidine rings is 1. The number of nitrogens with one attached hydrogen (secondary N) is 1. The third kappa shape index (κ3) is 4.22. The van der Waals surface area contributed by atoms with E-state index >= 15 is 0 Å². The minimum absolute atomic E-state index is 0.600. The van der Waals surface area contributed by atoms with Crippen molar-refractivity contribution in [3.05, 3.63) is 29.8 Å².